The Labute approximate surface area is 96.6 Å². The zero-order chi connectivity index (χ0) is 11.4. The number of piperidine rings is 1. The minimum absolute atomic E-state index is 0.321. The van der Waals surface area contributed by atoms with Crippen LogP contribution in [0, 0.1) is 0 Å². The smallest absolute Gasteiger partial charge is 0.270 e. The van der Waals surface area contributed by atoms with Crippen molar-refractivity contribution >= 4 is 6.41 Å². The second-order valence-electron chi connectivity index (χ2n) is 4.20. The van der Waals surface area contributed by atoms with E-state index in [1.807, 2.05) is 24.6 Å². The molecule has 1 aliphatic rings. The van der Waals surface area contributed by atoms with Gasteiger partial charge in [0, 0.05) is 13.6 Å². The average molecular weight is 217 g/mol. The molecule has 1 fully saturated rings. The molecule has 16 heavy (non-hydrogen) atoms. The van der Waals surface area contributed by atoms with Crippen molar-refractivity contribution in [1.82, 2.24) is 10.0 Å². The van der Waals surface area contributed by atoms with Gasteiger partial charge in [0.05, 0.1) is 6.04 Å². The molecule has 3 heteroatoms. The van der Waals surface area contributed by atoms with E-state index in [0.29, 0.717) is 6.04 Å². The lowest BCUT2D eigenvalue weighted by molar-refractivity contribution is -0.00814. The predicted molar refractivity (Wildman–Crippen MR) is 63.2 cm³/mol. The van der Waals surface area contributed by atoms with Crippen LogP contribution in [0.1, 0.15) is 30.9 Å². The van der Waals surface area contributed by atoms with Gasteiger partial charge in [0.15, 0.2) is 0 Å². The maximum absolute atomic E-state index is 10.7. The number of hydrazine groups is 1. The van der Waals surface area contributed by atoms with E-state index in [9.17, 15) is 4.79 Å². The van der Waals surface area contributed by atoms with E-state index < -0.39 is 0 Å². The number of nitrogens with zero attached hydrogens (tertiary/aromatic N) is 2. The minimum atomic E-state index is 0.321. The van der Waals surface area contributed by atoms with Gasteiger partial charge in [0.2, 0.25) is 0 Å². The molecule has 1 aliphatic heterocycles. The summed E-state index contributed by atoms with van der Waals surface area (Å²) in [6.45, 7) is 0.936. The summed E-state index contributed by atoms with van der Waals surface area (Å²) in [4.78, 5) is 10.7. The van der Waals surface area contributed by atoms with Crippen molar-refractivity contribution in [2.45, 2.75) is 25.3 Å². The van der Waals surface area contributed by atoms with E-state index in [-0.39, 0.29) is 0 Å². The quantitative estimate of drug-likeness (QED) is 0.724. The summed E-state index contributed by atoms with van der Waals surface area (Å²) in [7, 11) is 1.77. The van der Waals surface area contributed by atoms with Gasteiger partial charge in [0.25, 0.3) is 0 Å². The van der Waals surface area contributed by atoms with Crippen LogP contribution in [0.15, 0.2) is 30.3 Å². The van der Waals surface area contributed by atoms with Crippen molar-refractivity contribution in [3.63, 3.8) is 0 Å². The molecule has 1 aromatic rings. The van der Waals surface area contributed by atoms with E-state index in [2.05, 4.69) is 17.1 Å². The number of rotatable bonds is 3. The Bertz CT molecular complexity index is 339. The van der Waals surface area contributed by atoms with Gasteiger partial charge in [-0.15, -0.1) is 0 Å². The van der Waals surface area contributed by atoms with Crippen molar-refractivity contribution in [1.29, 1.82) is 0 Å². The maximum Gasteiger partial charge on any atom is 0.327 e. The monoisotopic (exact) mass is 217 g/mol. The van der Waals surface area contributed by atoms with Gasteiger partial charge in [-0.2, -0.15) is 0 Å². The first kappa shape index (κ1) is 11.1. The molecule has 3 nitrogen and oxygen atoms in total. The molecule has 0 N–H and O–H groups in total. The Morgan fingerprint density at radius 3 is 2.75 bits per heavy atom. The van der Waals surface area contributed by atoms with Crippen molar-refractivity contribution in [3.8, 4) is 0 Å². The summed E-state index contributed by atoms with van der Waals surface area (Å²) in [5, 5.41) is 3.66. The Kier molecular flexibility index (Phi) is 3.57. The van der Waals surface area contributed by atoms with Crippen LogP contribution in [-0.2, 0) is 4.79 Å². The number of carbonyl (C=O) groups excluding carboxylic acids is 1. The van der Waals surface area contributed by atoms with Crippen LogP contribution in [-0.4, -0.2) is 30.0 Å². The summed E-state index contributed by atoms with van der Waals surface area (Å²) >= 11 is 0. The minimum Gasteiger partial charge on any atom is -0.270 e. The number of amides is 1. The summed E-state index contributed by atoms with van der Waals surface area (Å²) in [5.74, 6) is 0. The molecule has 0 spiro atoms. The third-order valence-corrected chi connectivity index (χ3v) is 3.18. The van der Waals surface area contributed by atoms with Crippen molar-refractivity contribution in [3.05, 3.63) is 35.9 Å². The van der Waals surface area contributed by atoms with Crippen molar-refractivity contribution in [2.24, 2.45) is 0 Å². The SMILES string of the molecule is CN([C]=O)N1CCCCC1c1ccccc1. The lowest BCUT2D eigenvalue weighted by Crippen LogP contribution is -2.44. The van der Waals surface area contributed by atoms with E-state index >= 15 is 0 Å². The largest absolute Gasteiger partial charge is 0.327 e. The Morgan fingerprint density at radius 1 is 1.31 bits per heavy atom. The highest BCUT2D eigenvalue weighted by atomic mass is 16.1. The van der Waals surface area contributed by atoms with E-state index in [0.717, 1.165) is 19.4 Å². The molecule has 1 atom stereocenters. The average Bonchev–Trinajstić information content (AvgIpc) is 2.39. The highest BCUT2D eigenvalue weighted by molar-refractivity contribution is 5.46. The van der Waals surface area contributed by atoms with Crippen LogP contribution >= 0.6 is 0 Å². The van der Waals surface area contributed by atoms with Crippen molar-refractivity contribution in [2.75, 3.05) is 13.6 Å². The van der Waals surface area contributed by atoms with Gasteiger partial charge in [-0.25, -0.2) is 5.01 Å². The van der Waals surface area contributed by atoms with Gasteiger partial charge < -0.3 is 0 Å². The highest BCUT2D eigenvalue weighted by Gasteiger charge is 2.26. The van der Waals surface area contributed by atoms with E-state index in [1.54, 1.807) is 12.1 Å². The molecule has 0 aliphatic carbocycles. The second kappa shape index (κ2) is 5.12. The molecule has 85 valence electrons. The van der Waals surface area contributed by atoms with Crippen LogP contribution in [0.2, 0.25) is 0 Å². The van der Waals surface area contributed by atoms with Gasteiger partial charge in [-0.05, 0) is 18.4 Å². The van der Waals surface area contributed by atoms with Crippen LogP contribution in [0.25, 0.3) is 0 Å². The van der Waals surface area contributed by atoms with E-state index in [1.165, 1.54) is 12.0 Å². The number of benzene rings is 1. The summed E-state index contributed by atoms with van der Waals surface area (Å²) in [5.41, 5.74) is 1.28. The first-order chi connectivity index (χ1) is 7.83. The molecule has 1 amide bonds. The molecule has 1 heterocycles. The van der Waals surface area contributed by atoms with Gasteiger partial charge in [-0.3, -0.25) is 9.80 Å². The van der Waals surface area contributed by atoms with Crippen LogP contribution < -0.4 is 0 Å². The molecule has 0 saturated carbocycles. The van der Waals surface area contributed by atoms with Crippen molar-refractivity contribution < 1.29 is 4.79 Å². The Hall–Kier alpha value is -1.35. The number of hydrogen-bond acceptors (Lipinski definition) is 2. The summed E-state index contributed by atoms with van der Waals surface area (Å²) in [6, 6.07) is 10.7. The Morgan fingerprint density at radius 2 is 2.06 bits per heavy atom. The third kappa shape index (κ3) is 2.25. The lowest BCUT2D eigenvalue weighted by Gasteiger charge is -2.39. The van der Waals surface area contributed by atoms with Crippen LogP contribution in [0.4, 0.5) is 0 Å². The molecule has 1 unspecified atom stereocenters. The molecule has 1 saturated heterocycles. The Balaban J connectivity index is 2.19. The predicted octanol–water partition coefficient (Wildman–Crippen LogP) is 2.13. The molecule has 1 radical (unpaired) electrons. The van der Waals surface area contributed by atoms with Gasteiger partial charge in [0.1, 0.15) is 0 Å². The number of hydrogen-bond donors (Lipinski definition) is 0. The van der Waals surface area contributed by atoms with E-state index in [4.69, 9.17) is 0 Å². The highest BCUT2D eigenvalue weighted by Crippen LogP contribution is 2.30. The topological polar surface area (TPSA) is 23.6 Å². The fraction of sp³-hybridized carbons (Fsp3) is 0.462. The van der Waals surface area contributed by atoms with Crippen LogP contribution in [0.3, 0.4) is 0 Å². The van der Waals surface area contributed by atoms with Crippen LogP contribution in [0.5, 0.6) is 0 Å². The normalized spacial score (nSPS) is 21.7. The first-order valence-corrected chi connectivity index (χ1v) is 5.76. The molecule has 1 aromatic carbocycles. The molecule has 2 rings (SSSR count). The zero-order valence-corrected chi connectivity index (χ0v) is 9.60. The summed E-state index contributed by atoms with van der Waals surface area (Å²) < 4.78 is 0. The molecule has 0 bridgehead atoms. The molecular formula is C13H17N2O. The molecule has 0 aromatic heterocycles. The molecular weight excluding hydrogens is 200 g/mol. The fourth-order valence-corrected chi connectivity index (χ4v) is 2.34. The third-order valence-electron chi connectivity index (χ3n) is 3.18. The standard InChI is InChI=1S/C13H17N2O/c1-14(11-16)15-10-6-5-9-13(15)12-7-3-2-4-8-12/h2-4,7-8,13H,5-6,9-10H2,1H3. The maximum atomic E-state index is 10.7. The van der Waals surface area contributed by atoms with Gasteiger partial charge >= 0.3 is 6.41 Å². The zero-order valence-electron chi connectivity index (χ0n) is 9.60. The fourth-order valence-electron chi connectivity index (χ4n) is 2.34. The lowest BCUT2D eigenvalue weighted by atomic mass is 9.97. The first-order valence-electron chi connectivity index (χ1n) is 5.76. The summed E-state index contributed by atoms with van der Waals surface area (Å²) in [6.07, 6.45) is 5.42. The second-order valence-corrected chi connectivity index (χ2v) is 4.20. The van der Waals surface area contributed by atoms with Gasteiger partial charge in [-0.1, -0.05) is 36.8 Å².